The van der Waals surface area contributed by atoms with Crippen molar-refractivity contribution >= 4 is 46.1 Å². The fourth-order valence-electron chi connectivity index (χ4n) is 4.07. The van der Waals surface area contributed by atoms with Crippen molar-refractivity contribution in [3.8, 4) is 6.07 Å². The van der Waals surface area contributed by atoms with Crippen molar-refractivity contribution in [1.82, 2.24) is 9.47 Å². The molecular weight excluding hydrogens is 432 g/mol. The Bertz CT molecular complexity index is 1000. The number of rotatable bonds is 7. The fourth-order valence-corrected chi connectivity index (χ4v) is 5.37. The Morgan fingerprint density at radius 3 is 2.58 bits per heavy atom. The van der Waals surface area contributed by atoms with Crippen LogP contribution in [0.25, 0.3) is 6.08 Å². The maximum absolute atomic E-state index is 13.1. The van der Waals surface area contributed by atoms with Gasteiger partial charge in [-0.25, -0.2) is 0 Å². The fraction of sp³-hybridized carbons (Fsp3) is 0.545. The van der Waals surface area contributed by atoms with Gasteiger partial charge in [-0.3, -0.25) is 19.1 Å². The van der Waals surface area contributed by atoms with Crippen molar-refractivity contribution in [2.75, 3.05) is 38.3 Å². The SMILES string of the molecule is CCn1c(N2CCCCC2)c(/C=C2\SC(=S)N(CCCOC)C2=O)c(C)c(C#N)c1=O. The molecule has 0 aliphatic carbocycles. The third kappa shape index (κ3) is 4.71. The first-order valence-electron chi connectivity index (χ1n) is 10.6. The smallest absolute Gasteiger partial charge is 0.270 e. The number of nitriles is 1. The number of hydrogen-bond donors (Lipinski definition) is 0. The molecule has 0 unspecified atom stereocenters. The highest BCUT2D eigenvalue weighted by Gasteiger charge is 2.33. The van der Waals surface area contributed by atoms with E-state index in [9.17, 15) is 14.9 Å². The van der Waals surface area contributed by atoms with E-state index >= 15 is 0 Å². The third-order valence-corrected chi connectivity index (χ3v) is 7.08. The van der Waals surface area contributed by atoms with Gasteiger partial charge < -0.3 is 9.64 Å². The summed E-state index contributed by atoms with van der Waals surface area (Å²) >= 11 is 6.71. The second-order valence-electron chi connectivity index (χ2n) is 7.63. The van der Waals surface area contributed by atoms with E-state index in [1.54, 1.807) is 23.5 Å². The quantitative estimate of drug-likeness (QED) is 0.351. The topological polar surface area (TPSA) is 78.6 Å². The number of carbonyl (C=O) groups is 1. The second-order valence-corrected chi connectivity index (χ2v) is 9.30. The largest absolute Gasteiger partial charge is 0.385 e. The van der Waals surface area contributed by atoms with Gasteiger partial charge in [0.25, 0.3) is 11.5 Å². The first-order valence-corrected chi connectivity index (χ1v) is 11.8. The average Bonchev–Trinajstić information content (AvgIpc) is 3.03. The van der Waals surface area contributed by atoms with E-state index in [-0.39, 0.29) is 17.0 Å². The monoisotopic (exact) mass is 460 g/mol. The number of amides is 1. The highest BCUT2D eigenvalue weighted by atomic mass is 32.2. The van der Waals surface area contributed by atoms with Crippen molar-refractivity contribution in [3.05, 3.63) is 31.9 Å². The molecule has 7 nitrogen and oxygen atoms in total. The van der Waals surface area contributed by atoms with Crippen molar-refractivity contribution in [2.24, 2.45) is 0 Å². The Hall–Kier alpha value is -2.15. The normalized spacial score (nSPS) is 18.2. The number of thiocarbonyl (C=S) groups is 1. The van der Waals surface area contributed by atoms with E-state index in [1.165, 1.54) is 11.8 Å². The average molecular weight is 461 g/mol. The highest BCUT2D eigenvalue weighted by molar-refractivity contribution is 8.26. The summed E-state index contributed by atoms with van der Waals surface area (Å²) in [6.45, 7) is 6.92. The number of methoxy groups -OCH3 is 1. The molecular formula is C22H28N4O3S2. The number of piperidine rings is 1. The molecule has 2 aliphatic heterocycles. The lowest BCUT2D eigenvalue weighted by Gasteiger charge is -2.33. The second kappa shape index (κ2) is 10.4. The van der Waals surface area contributed by atoms with E-state index in [0.717, 1.165) is 43.7 Å². The van der Waals surface area contributed by atoms with Crippen LogP contribution in [0.5, 0.6) is 0 Å². The minimum atomic E-state index is -0.271. The van der Waals surface area contributed by atoms with Crippen LogP contribution < -0.4 is 10.5 Å². The van der Waals surface area contributed by atoms with Crippen molar-refractivity contribution in [2.45, 2.75) is 46.1 Å². The van der Waals surface area contributed by atoms with E-state index in [4.69, 9.17) is 17.0 Å². The Balaban J connectivity index is 2.11. The summed E-state index contributed by atoms with van der Waals surface area (Å²) < 4.78 is 7.28. The summed E-state index contributed by atoms with van der Waals surface area (Å²) in [5.41, 5.74) is 1.23. The molecule has 0 aromatic carbocycles. The molecule has 166 valence electrons. The molecule has 1 aromatic rings. The van der Waals surface area contributed by atoms with Gasteiger partial charge in [-0.1, -0.05) is 24.0 Å². The molecule has 2 aliphatic rings. The Morgan fingerprint density at radius 2 is 1.97 bits per heavy atom. The third-order valence-electron chi connectivity index (χ3n) is 5.70. The first-order chi connectivity index (χ1) is 14.9. The predicted molar refractivity (Wildman–Crippen MR) is 128 cm³/mol. The number of hydrogen-bond acceptors (Lipinski definition) is 7. The molecule has 1 aromatic heterocycles. The van der Waals surface area contributed by atoms with Crippen LogP contribution in [-0.2, 0) is 16.1 Å². The number of nitrogens with zero attached hydrogens (tertiary/aromatic N) is 4. The number of pyridine rings is 1. The molecule has 0 saturated carbocycles. The Labute approximate surface area is 192 Å². The Morgan fingerprint density at radius 1 is 1.26 bits per heavy atom. The lowest BCUT2D eigenvalue weighted by molar-refractivity contribution is -0.122. The number of thioether (sulfide) groups is 1. The zero-order chi connectivity index (χ0) is 22.5. The van der Waals surface area contributed by atoms with Crippen LogP contribution >= 0.6 is 24.0 Å². The van der Waals surface area contributed by atoms with Crippen molar-refractivity contribution in [3.63, 3.8) is 0 Å². The van der Waals surface area contributed by atoms with Gasteiger partial charge in [-0.05, 0) is 51.2 Å². The number of ether oxygens (including phenoxy) is 1. The van der Waals surface area contributed by atoms with Gasteiger partial charge >= 0.3 is 0 Å². The number of aromatic nitrogens is 1. The van der Waals surface area contributed by atoms with Crippen LogP contribution in [0, 0.1) is 18.3 Å². The molecule has 3 heterocycles. The molecule has 2 saturated heterocycles. The molecule has 0 radical (unpaired) electrons. The minimum absolute atomic E-state index is 0.129. The standard InChI is InChI=1S/C22H28N4O3S2/c1-4-25-19(24-9-6-5-7-10-24)16(15(2)17(14-23)20(25)27)13-18-21(28)26(22(30)31-18)11-8-12-29-3/h13H,4-12H2,1-3H3/b18-13-. The highest BCUT2D eigenvalue weighted by Crippen LogP contribution is 2.36. The van der Waals surface area contributed by atoms with Gasteiger partial charge in [0.15, 0.2) is 0 Å². The molecule has 9 heteroatoms. The molecule has 2 fully saturated rings. The van der Waals surface area contributed by atoms with Gasteiger partial charge in [0.05, 0.1) is 4.91 Å². The molecule has 0 atom stereocenters. The van der Waals surface area contributed by atoms with Gasteiger partial charge in [0.2, 0.25) is 0 Å². The van der Waals surface area contributed by atoms with Crippen LogP contribution in [0.15, 0.2) is 9.70 Å². The first kappa shape index (κ1) is 23.5. The molecule has 0 N–H and O–H groups in total. The van der Waals surface area contributed by atoms with E-state index in [1.807, 2.05) is 13.0 Å². The lowest BCUT2D eigenvalue weighted by Crippen LogP contribution is -2.37. The van der Waals surface area contributed by atoms with Crippen molar-refractivity contribution in [1.29, 1.82) is 5.26 Å². The van der Waals surface area contributed by atoms with Crippen LogP contribution in [-0.4, -0.2) is 53.0 Å². The van der Waals surface area contributed by atoms with Crippen molar-refractivity contribution < 1.29 is 9.53 Å². The summed E-state index contributed by atoms with van der Waals surface area (Å²) in [4.78, 5) is 30.4. The number of anilines is 1. The molecule has 31 heavy (non-hydrogen) atoms. The van der Waals surface area contributed by atoms with Gasteiger partial charge in [-0.2, -0.15) is 5.26 Å². The maximum Gasteiger partial charge on any atom is 0.270 e. The number of carbonyl (C=O) groups excluding carboxylic acids is 1. The summed E-state index contributed by atoms with van der Waals surface area (Å²) in [6, 6.07) is 2.07. The molecule has 0 bridgehead atoms. The zero-order valence-electron chi connectivity index (χ0n) is 18.3. The Kier molecular flexibility index (Phi) is 7.92. The molecule has 0 spiro atoms. The van der Waals surface area contributed by atoms with Gasteiger partial charge in [-0.15, -0.1) is 0 Å². The summed E-state index contributed by atoms with van der Waals surface area (Å²) in [6.07, 6.45) is 5.79. The predicted octanol–water partition coefficient (Wildman–Crippen LogP) is 3.28. The van der Waals surface area contributed by atoms with Crippen LogP contribution in [0.1, 0.15) is 49.3 Å². The van der Waals surface area contributed by atoms with Crippen LogP contribution in [0.4, 0.5) is 5.82 Å². The molecule has 3 rings (SSSR count). The molecule has 1 amide bonds. The van der Waals surface area contributed by atoms with E-state index < -0.39 is 0 Å². The van der Waals surface area contributed by atoms with Crippen LogP contribution in [0.2, 0.25) is 0 Å². The van der Waals surface area contributed by atoms with Gasteiger partial charge in [0.1, 0.15) is 21.8 Å². The summed E-state index contributed by atoms with van der Waals surface area (Å²) in [7, 11) is 1.63. The van der Waals surface area contributed by atoms with Crippen LogP contribution in [0.3, 0.4) is 0 Å². The maximum atomic E-state index is 13.1. The summed E-state index contributed by atoms with van der Waals surface area (Å²) in [5, 5.41) is 9.65. The minimum Gasteiger partial charge on any atom is -0.385 e. The van der Waals surface area contributed by atoms with E-state index in [2.05, 4.69) is 11.0 Å². The lowest BCUT2D eigenvalue weighted by atomic mass is 10.0. The van der Waals surface area contributed by atoms with Gasteiger partial charge in [0, 0.05) is 45.5 Å². The summed E-state index contributed by atoms with van der Waals surface area (Å²) in [5.74, 6) is 0.663. The van der Waals surface area contributed by atoms with E-state index in [0.29, 0.717) is 40.9 Å². The zero-order valence-corrected chi connectivity index (χ0v) is 19.9.